The smallest absolute Gasteiger partial charge is 0.198 e. The van der Waals surface area contributed by atoms with E-state index in [0.29, 0.717) is 0 Å². The van der Waals surface area contributed by atoms with E-state index in [9.17, 15) is 19.8 Å². The molecule has 0 aromatic heterocycles. The molecular weight excluding hydrogens is 324 g/mol. The van der Waals surface area contributed by atoms with Gasteiger partial charge in [-0.05, 0) is 19.9 Å². The molecule has 1 aliphatic carbocycles. The van der Waals surface area contributed by atoms with Crippen LogP contribution in [0.15, 0.2) is 30.3 Å². The molecule has 2 aliphatic rings. The van der Waals surface area contributed by atoms with Crippen LogP contribution in [0.3, 0.4) is 0 Å². The van der Waals surface area contributed by atoms with Crippen molar-refractivity contribution in [2.75, 3.05) is 0 Å². The van der Waals surface area contributed by atoms with Gasteiger partial charge >= 0.3 is 0 Å². The molecule has 0 radical (unpaired) electrons. The van der Waals surface area contributed by atoms with Crippen molar-refractivity contribution in [3.05, 3.63) is 58.1 Å². The number of ether oxygens (including phenoxy) is 2. The summed E-state index contributed by atoms with van der Waals surface area (Å²) >= 11 is 0. The van der Waals surface area contributed by atoms with E-state index in [2.05, 4.69) is 0 Å². The maximum Gasteiger partial charge on any atom is 0.198 e. The van der Waals surface area contributed by atoms with Crippen molar-refractivity contribution in [2.45, 2.75) is 32.3 Å². The van der Waals surface area contributed by atoms with Gasteiger partial charge in [0.1, 0.15) is 11.5 Å². The molecular formula is C19H16O6. The van der Waals surface area contributed by atoms with Gasteiger partial charge in [-0.25, -0.2) is 0 Å². The fraction of sp³-hybridized carbons (Fsp3) is 0.263. The second kappa shape index (κ2) is 5.40. The van der Waals surface area contributed by atoms with E-state index in [1.165, 1.54) is 18.2 Å². The number of rotatable bonds is 1. The SMILES string of the molecule is C[C@H]1OC(c2cc(O)c3c(c2O)C(=O)c2ccccc2C3=O)O[C@@H]1C. The zero-order valence-corrected chi connectivity index (χ0v) is 13.6. The Morgan fingerprint density at radius 1 is 0.880 bits per heavy atom. The Kier molecular flexibility index (Phi) is 3.42. The van der Waals surface area contributed by atoms with Crippen molar-refractivity contribution in [1.29, 1.82) is 0 Å². The lowest BCUT2D eigenvalue weighted by Crippen LogP contribution is -2.22. The fourth-order valence-electron chi connectivity index (χ4n) is 3.25. The van der Waals surface area contributed by atoms with Crippen molar-refractivity contribution < 1.29 is 29.3 Å². The van der Waals surface area contributed by atoms with Gasteiger partial charge in [0.25, 0.3) is 0 Å². The number of phenols is 2. The third-order valence-electron chi connectivity index (χ3n) is 4.77. The average molecular weight is 340 g/mol. The Labute approximate surface area is 143 Å². The number of phenolic OH excluding ortho intramolecular Hbond substituents is 2. The Bertz CT molecular complexity index is 906. The maximum absolute atomic E-state index is 12.8. The van der Waals surface area contributed by atoms with Crippen LogP contribution in [0.5, 0.6) is 11.5 Å². The molecule has 2 N–H and O–H groups in total. The largest absolute Gasteiger partial charge is 0.507 e. The van der Waals surface area contributed by atoms with Gasteiger partial charge in [0.2, 0.25) is 0 Å². The lowest BCUT2D eigenvalue weighted by Gasteiger charge is -2.22. The number of fused-ring (bicyclic) bond motifs is 2. The summed E-state index contributed by atoms with van der Waals surface area (Å²) in [6.07, 6.45) is -1.33. The second-order valence-corrected chi connectivity index (χ2v) is 6.30. The van der Waals surface area contributed by atoms with Crippen LogP contribution in [0.25, 0.3) is 0 Å². The first-order valence-electron chi connectivity index (χ1n) is 7.98. The highest BCUT2D eigenvalue weighted by molar-refractivity contribution is 6.30. The normalized spacial score (nSPS) is 22.8. The quantitative estimate of drug-likeness (QED) is 0.662. The molecule has 128 valence electrons. The summed E-state index contributed by atoms with van der Waals surface area (Å²) in [4.78, 5) is 25.5. The van der Waals surface area contributed by atoms with Gasteiger partial charge in [-0.1, -0.05) is 24.3 Å². The molecule has 25 heavy (non-hydrogen) atoms. The lowest BCUT2D eigenvalue weighted by molar-refractivity contribution is -0.0666. The summed E-state index contributed by atoms with van der Waals surface area (Å²) in [6.45, 7) is 3.65. The van der Waals surface area contributed by atoms with E-state index < -0.39 is 23.6 Å². The Morgan fingerprint density at radius 2 is 1.40 bits per heavy atom. The van der Waals surface area contributed by atoms with Crippen LogP contribution in [-0.4, -0.2) is 34.0 Å². The molecule has 2 atom stereocenters. The van der Waals surface area contributed by atoms with Crippen molar-refractivity contribution in [2.24, 2.45) is 0 Å². The number of hydrogen-bond acceptors (Lipinski definition) is 6. The average Bonchev–Trinajstić information content (AvgIpc) is 2.93. The lowest BCUT2D eigenvalue weighted by atomic mass is 9.82. The minimum atomic E-state index is -0.915. The van der Waals surface area contributed by atoms with Gasteiger partial charge in [0.15, 0.2) is 17.9 Å². The van der Waals surface area contributed by atoms with Crippen molar-refractivity contribution in [3.63, 3.8) is 0 Å². The summed E-state index contributed by atoms with van der Waals surface area (Å²) in [5.41, 5.74) is 0.134. The molecule has 0 amide bonds. The Balaban J connectivity index is 1.91. The van der Waals surface area contributed by atoms with Gasteiger partial charge in [-0.3, -0.25) is 9.59 Å². The first kappa shape index (κ1) is 15.8. The van der Waals surface area contributed by atoms with Crippen molar-refractivity contribution in [1.82, 2.24) is 0 Å². The Morgan fingerprint density at radius 3 is 1.96 bits per heavy atom. The molecule has 0 unspecified atom stereocenters. The number of carbonyl (C=O) groups excluding carboxylic acids is 2. The first-order valence-corrected chi connectivity index (χ1v) is 7.98. The fourth-order valence-corrected chi connectivity index (χ4v) is 3.25. The molecule has 6 heteroatoms. The molecule has 0 spiro atoms. The van der Waals surface area contributed by atoms with Crippen molar-refractivity contribution in [3.8, 4) is 11.5 Å². The summed E-state index contributed by atoms with van der Waals surface area (Å²) < 4.78 is 11.3. The predicted octanol–water partition coefficient (Wildman–Crippen LogP) is 2.70. The highest BCUT2D eigenvalue weighted by atomic mass is 16.7. The highest BCUT2D eigenvalue weighted by Crippen LogP contribution is 2.44. The third-order valence-corrected chi connectivity index (χ3v) is 4.77. The molecule has 1 saturated heterocycles. The van der Waals surface area contributed by atoms with E-state index in [1.807, 2.05) is 13.8 Å². The van der Waals surface area contributed by atoms with Crippen LogP contribution in [0.2, 0.25) is 0 Å². The molecule has 4 rings (SSSR count). The summed E-state index contributed by atoms with van der Waals surface area (Å²) in [5, 5.41) is 21.0. The topological polar surface area (TPSA) is 93.1 Å². The van der Waals surface area contributed by atoms with Crippen LogP contribution in [0.1, 0.15) is 57.5 Å². The molecule has 1 fully saturated rings. The summed E-state index contributed by atoms with van der Waals surface area (Å²) in [7, 11) is 0. The number of ketones is 2. The van der Waals surface area contributed by atoms with Crippen LogP contribution in [0.4, 0.5) is 0 Å². The van der Waals surface area contributed by atoms with Crippen molar-refractivity contribution >= 4 is 11.6 Å². The minimum Gasteiger partial charge on any atom is -0.507 e. The summed E-state index contributed by atoms with van der Waals surface area (Å²) in [5.74, 6) is -1.79. The molecule has 0 saturated carbocycles. The number of aromatic hydroxyl groups is 2. The second-order valence-electron chi connectivity index (χ2n) is 6.30. The van der Waals surface area contributed by atoms with Gasteiger partial charge < -0.3 is 19.7 Å². The van der Waals surface area contributed by atoms with Crippen LogP contribution >= 0.6 is 0 Å². The third kappa shape index (κ3) is 2.18. The number of hydrogen-bond donors (Lipinski definition) is 2. The molecule has 2 aromatic carbocycles. The van der Waals surface area contributed by atoms with Gasteiger partial charge in [-0.15, -0.1) is 0 Å². The van der Waals surface area contributed by atoms with E-state index in [-0.39, 0.29) is 45.8 Å². The van der Waals surface area contributed by atoms with Crippen LogP contribution in [0, 0.1) is 0 Å². The molecule has 1 aliphatic heterocycles. The zero-order valence-electron chi connectivity index (χ0n) is 13.6. The van der Waals surface area contributed by atoms with E-state index >= 15 is 0 Å². The van der Waals surface area contributed by atoms with Gasteiger partial charge in [-0.2, -0.15) is 0 Å². The minimum absolute atomic E-state index is 0.132. The monoisotopic (exact) mass is 340 g/mol. The van der Waals surface area contributed by atoms with E-state index in [0.717, 1.165) is 0 Å². The molecule has 2 aromatic rings. The predicted molar refractivity (Wildman–Crippen MR) is 86.9 cm³/mol. The number of benzene rings is 2. The van der Waals surface area contributed by atoms with Crippen LogP contribution in [-0.2, 0) is 9.47 Å². The zero-order chi connectivity index (χ0) is 17.9. The van der Waals surface area contributed by atoms with E-state index in [4.69, 9.17) is 9.47 Å². The molecule has 6 nitrogen and oxygen atoms in total. The first-order chi connectivity index (χ1) is 11.9. The standard InChI is InChI=1S/C19H16O6/c1-8-9(2)25-19(24-8)12-7-13(20)14-15(18(12)23)17(22)11-6-4-3-5-10(11)16(14)21/h3-9,19-20,23H,1-2H3/t8-,9-/m1/s1. The number of carbonyl (C=O) groups is 2. The van der Waals surface area contributed by atoms with Gasteiger partial charge in [0, 0.05) is 11.1 Å². The van der Waals surface area contributed by atoms with Crippen LogP contribution < -0.4 is 0 Å². The van der Waals surface area contributed by atoms with E-state index in [1.54, 1.807) is 12.1 Å². The van der Waals surface area contributed by atoms with Gasteiger partial charge in [0.05, 0.1) is 28.9 Å². The molecule has 0 bridgehead atoms. The highest BCUT2D eigenvalue weighted by Gasteiger charge is 2.39. The Hall–Kier alpha value is -2.70. The molecule has 1 heterocycles. The maximum atomic E-state index is 12.8. The summed E-state index contributed by atoms with van der Waals surface area (Å²) in [6, 6.07) is 7.55.